The number of hydrogen-bond donors (Lipinski definition) is 0. The predicted octanol–water partition coefficient (Wildman–Crippen LogP) is 9.32. The van der Waals surface area contributed by atoms with E-state index in [0.717, 1.165) is 35.3 Å². The van der Waals surface area contributed by atoms with Gasteiger partial charge in [0.05, 0.1) is 8.07 Å². The maximum atomic E-state index is 4.03. The molecule has 5 aliphatic rings. The van der Waals surface area contributed by atoms with Crippen LogP contribution in [-0.4, -0.2) is 8.07 Å². The third-order valence-corrected chi connectivity index (χ3v) is 15.3. The summed E-state index contributed by atoms with van der Waals surface area (Å²) in [6.45, 7) is 19.1. The van der Waals surface area contributed by atoms with Gasteiger partial charge in [0, 0.05) is 0 Å². The second-order valence-electron chi connectivity index (χ2n) is 13.6. The zero-order valence-corrected chi connectivity index (χ0v) is 23.4. The second kappa shape index (κ2) is 8.81. The average molecular weight is 471 g/mol. The minimum Gasteiger partial charge on any atom is -0.103 e. The SMILES string of the molecule is C=CCCC1CC([Si](C)(C)C2C3C=C(C)C=CC3C3C=CC(C(C)(C)C)=CC32)C2C=CC=CC12. The van der Waals surface area contributed by atoms with Gasteiger partial charge in [-0.1, -0.05) is 106 Å². The molecule has 2 saturated carbocycles. The summed E-state index contributed by atoms with van der Waals surface area (Å²) in [6, 6.07) is 0. The lowest BCUT2D eigenvalue weighted by atomic mass is 9.76. The lowest BCUT2D eigenvalue weighted by Crippen LogP contribution is -2.44. The first-order chi connectivity index (χ1) is 16.1. The van der Waals surface area contributed by atoms with Crippen LogP contribution < -0.4 is 0 Å². The lowest BCUT2D eigenvalue weighted by molar-refractivity contribution is 0.396. The van der Waals surface area contributed by atoms with E-state index in [1.165, 1.54) is 18.4 Å². The number of fused-ring (bicyclic) bond motifs is 4. The van der Waals surface area contributed by atoms with Crippen molar-refractivity contribution in [2.45, 2.75) is 71.1 Å². The topological polar surface area (TPSA) is 0 Å². The van der Waals surface area contributed by atoms with Gasteiger partial charge in [-0.3, -0.25) is 0 Å². The standard InChI is InChI=1S/C33H46Si/c1-8-9-12-23-20-31(28-14-11-10-13-25(23)28)34(6,7)32-29-19-22(2)15-17-26(29)27-18-16-24(21-30(27)32)33(3,4)5/h8,10-11,13-19,21,23,25-32H,1,9,12,20H2,2-7H3. The first-order valence-electron chi connectivity index (χ1n) is 13.9. The maximum absolute atomic E-state index is 4.03. The molecular weight excluding hydrogens is 424 g/mol. The smallest absolute Gasteiger partial charge is 0.0554 e. The molecule has 0 spiro atoms. The Morgan fingerprint density at radius 1 is 0.882 bits per heavy atom. The molecule has 5 rings (SSSR count). The van der Waals surface area contributed by atoms with E-state index in [4.69, 9.17) is 0 Å². The van der Waals surface area contributed by atoms with Crippen LogP contribution in [-0.2, 0) is 0 Å². The van der Waals surface area contributed by atoms with Gasteiger partial charge >= 0.3 is 0 Å². The fourth-order valence-electron chi connectivity index (χ4n) is 8.63. The molecule has 0 aliphatic heterocycles. The minimum absolute atomic E-state index is 0.220. The normalized spacial score (nSPS) is 40.5. The van der Waals surface area contributed by atoms with E-state index in [1.54, 1.807) is 5.57 Å². The molecule has 0 nitrogen and oxygen atoms in total. The van der Waals surface area contributed by atoms with Crippen molar-refractivity contribution in [1.29, 1.82) is 0 Å². The Kier molecular flexibility index (Phi) is 6.24. The molecule has 0 bridgehead atoms. The Morgan fingerprint density at radius 2 is 1.53 bits per heavy atom. The van der Waals surface area contributed by atoms with E-state index in [9.17, 15) is 0 Å². The molecular formula is C33H46Si. The van der Waals surface area contributed by atoms with Crippen molar-refractivity contribution in [3.63, 3.8) is 0 Å². The Hall–Kier alpha value is -1.60. The Labute approximate surface area is 210 Å². The molecule has 0 N–H and O–H groups in total. The summed E-state index contributed by atoms with van der Waals surface area (Å²) in [6.07, 6.45) is 31.3. The van der Waals surface area contributed by atoms with Crippen LogP contribution in [0, 0.1) is 46.8 Å². The van der Waals surface area contributed by atoms with Crippen LogP contribution in [0.3, 0.4) is 0 Å². The monoisotopic (exact) mass is 470 g/mol. The largest absolute Gasteiger partial charge is 0.103 e. The molecule has 0 aromatic carbocycles. The summed E-state index contributed by atoms with van der Waals surface area (Å²) in [5.74, 6) is 5.05. The van der Waals surface area contributed by atoms with Crippen molar-refractivity contribution in [3.8, 4) is 0 Å². The molecule has 0 heterocycles. The highest BCUT2D eigenvalue weighted by atomic mass is 28.3. The van der Waals surface area contributed by atoms with Crippen LogP contribution in [0.5, 0.6) is 0 Å². The van der Waals surface area contributed by atoms with Crippen molar-refractivity contribution in [3.05, 3.63) is 84.6 Å². The van der Waals surface area contributed by atoms with E-state index >= 15 is 0 Å². The molecule has 34 heavy (non-hydrogen) atoms. The van der Waals surface area contributed by atoms with E-state index in [0.29, 0.717) is 23.7 Å². The first-order valence-corrected chi connectivity index (χ1v) is 17.0. The summed E-state index contributed by atoms with van der Waals surface area (Å²) in [7, 11) is -1.63. The fourth-order valence-corrected chi connectivity index (χ4v) is 14.0. The van der Waals surface area contributed by atoms with Gasteiger partial charge < -0.3 is 0 Å². The molecule has 0 saturated heterocycles. The summed E-state index contributed by atoms with van der Waals surface area (Å²) in [5, 5.41) is 0. The Morgan fingerprint density at radius 3 is 2.21 bits per heavy atom. The molecule has 0 aromatic heterocycles. The fraction of sp³-hybridized carbons (Fsp3) is 0.576. The summed E-state index contributed by atoms with van der Waals surface area (Å²) >= 11 is 0. The summed E-state index contributed by atoms with van der Waals surface area (Å²) in [5.41, 5.74) is 4.94. The number of rotatable bonds is 5. The molecule has 182 valence electrons. The second-order valence-corrected chi connectivity index (χ2v) is 18.6. The molecule has 9 atom stereocenters. The van der Waals surface area contributed by atoms with E-state index in [-0.39, 0.29) is 5.41 Å². The van der Waals surface area contributed by atoms with Crippen molar-refractivity contribution >= 4 is 8.07 Å². The van der Waals surface area contributed by atoms with Crippen molar-refractivity contribution < 1.29 is 0 Å². The summed E-state index contributed by atoms with van der Waals surface area (Å²) in [4.78, 5) is 0. The van der Waals surface area contributed by atoms with Gasteiger partial charge in [0.25, 0.3) is 0 Å². The third kappa shape index (κ3) is 3.96. The van der Waals surface area contributed by atoms with Crippen molar-refractivity contribution in [1.82, 2.24) is 0 Å². The van der Waals surface area contributed by atoms with Gasteiger partial charge in [-0.2, -0.15) is 0 Å². The summed E-state index contributed by atoms with van der Waals surface area (Å²) < 4.78 is 0. The van der Waals surface area contributed by atoms with Gasteiger partial charge in [0.15, 0.2) is 0 Å². The van der Waals surface area contributed by atoms with Crippen LogP contribution in [0.15, 0.2) is 84.6 Å². The minimum atomic E-state index is -1.63. The first kappa shape index (κ1) is 24.1. The zero-order valence-electron chi connectivity index (χ0n) is 22.4. The number of hydrogen-bond acceptors (Lipinski definition) is 0. The van der Waals surface area contributed by atoms with Crippen LogP contribution in [0.1, 0.15) is 47.0 Å². The average Bonchev–Trinajstić information content (AvgIpc) is 3.32. The Balaban J connectivity index is 1.54. The quantitative estimate of drug-likeness (QED) is 0.277. The van der Waals surface area contributed by atoms with Gasteiger partial charge in [0.2, 0.25) is 0 Å². The molecule has 0 aromatic rings. The molecule has 9 unspecified atom stereocenters. The highest BCUT2D eigenvalue weighted by Gasteiger charge is 2.59. The molecule has 1 heteroatoms. The lowest BCUT2D eigenvalue weighted by Gasteiger charge is -2.45. The van der Waals surface area contributed by atoms with Gasteiger partial charge in [-0.25, -0.2) is 0 Å². The van der Waals surface area contributed by atoms with Crippen molar-refractivity contribution in [2.75, 3.05) is 0 Å². The molecule has 0 radical (unpaired) electrons. The number of allylic oxidation sites excluding steroid dienone is 13. The predicted molar refractivity (Wildman–Crippen MR) is 151 cm³/mol. The van der Waals surface area contributed by atoms with E-state index in [2.05, 4.69) is 114 Å². The highest BCUT2D eigenvalue weighted by Crippen LogP contribution is 2.65. The van der Waals surface area contributed by atoms with Crippen LogP contribution in [0.2, 0.25) is 24.2 Å². The van der Waals surface area contributed by atoms with Gasteiger partial charge in [0.1, 0.15) is 0 Å². The molecule has 5 aliphatic carbocycles. The van der Waals surface area contributed by atoms with Crippen molar-refractivity contribution in [2.24, 2.45) is 46.8 Å². The molecule has 2 fully saturated rings. The van der Waals surface area contributed by atoms with Crippen LogP contribution >= 0.6 is 0 Å². The maximum Gasteiger partial charge on any atom is 0.0554 e. The third-order valence-electron chi connectivity index (χ3n) is 10.3. The van der Waals surface area contributed by atoms with Crippen LogP contribution in [0.25, 0.3) is 0 Å². The Bertz CT molecular complexity index is 990. The van der Waals surface area contributed by atoms with Gasteiger partial charge in [-0.05, 0) is 89.7 Å². The molecule has 0 amide bonds. The highest BCUT2D eigenvalue weighted by molar-refractivity contribution is 6.80. The van der Waals surface area contributed by atoms with E-state index in [1.807, 2.05) is 0 Å². The van der Waals surface area contributed by atoms with E-state index < -0.39 is 8.07 Å². The zero-order chi connectivity index (χ0) is 24.3. The van der Waals surface area contributed by atoms with Crippen LogP contribution in [0.4, 0.5) is 0 Å². The van der Waals surface area contributed by atoms with Gasteiger partial charge in [-0.15, -0.1) is 6.58 Å².